The predicted molar refractivity (Wildman–Crippen MR) is 51.5 cm³/mol. The van der Waals surface area contributed by atoms with Crippen LogP contribution < -0.4 is 5.73 Å². The van der Waals surface area contributed by atoms with Crippen molar-refractivity contribution in [3.05, 3.63) is 24.3 Å². The Kier molecular flexibility index (Phi) is 4.34. The summed E-state index contributed by atoms with van der Waals surface area (Å²) in [5.74, 6) is -0.388. The minimum Gasteiger partial charge on any atom is -0.369 e. The zero-order chi connectivity index (χ0) is 9.72. The third-order valence-electron chi connectivity index (χ3n) is 1.59. The van der Waals surface area contributed by atoms with Crippen LogP contribution >= 0.6 is 0 Å². The molecule has 0 unspecified atom stereocenters. The lowest BCUT2D eigenvalue weighted by Crippen LogP contribution is -2.23. The van der Waals surface area contributed by atoms with E-state index in [0.29, 0.717) is 12.8 Å². The lowest BCUT2D eigenvalue weighted by atomic mass is 9.94. The van der Waals surface area contributed by atoms with Crippen LogP contribution in [0, 0.1) is 5.92 Å². The van der Waals surface area contributed by atoms with Gasteiger partial charge in [-0.25, -0.2) is 0 Å². The van der Waals surface area contributed by atoms with Crippen LogP contribution in [-0.2, 0) is 4.79 Å². The Bertz CT molecular complexity index is 190. The van der Waals surface area contributed by atoms with E-state index in [4.69, 9.17) is 5.73 Å². The number of carbonyl (C=O) groups excluding carboxylic acids is 1. The van der Waals surface area contributed by atoms with E-state index in [0.717, 1.165) is 11.1 Å². The highest BCUT2D eigenvalue weighted by Gasteiger charge is 2.14. The monoisotopic (exact) mass is 167 g/mol. The second kappa shape index (κ2) is 4.75. The molecular formula is C10H17NO. The number of amides is 1. The molecule has 0 fully saturated rings. The molecule has 0 aromatic rings. The maximum absolute atomic E-state index is 10.9. The number of nitrogens with two attached hydrogens (primary N) is 1. The van der Waals surface area contributed by atoms with E-state index in [1.165, 1.54) is 0 Å². The Labute approximate surface area is 74.1 Å². The van der Waals surface area contributed by atoms with Crippen molar-refractivity contribution in [1.82, 2.24) is 0 Å². The highest BCUT2D eigenvalue weighted by atomic mass is 16.1. The molecule has 0 saturated heterocycles. The van der Waals surface area contributed by atoms with E-state index >= 15 is 0 Å². The van der Waals surface area contributed by atoms with Crippen LogP contribution in [0.5, 0.6) is 0 Å². The summed E-state index contributed by atoms with van der Waals surface area (Å²) in [5.41, 5.74) is 7.18. The first-order valence-electron chi connectivity index (χ1n) is 4.01. The predicted octanol–water partition coefficient (Wildman–Crippen LogP) is 2.02. The van der Waals surface area contributed by atoms with Crippen LogP contribution in [0.3, 0.4) is 0 Å². The minimum atomic E-state index is -0.263. The number of rotatable bonds is 5. The maximum Gasteiger partial charge on any atom is 0.221 e. The minimum absolute atomic E-state index is 0.125. The van der Waals surface area contributed by atoms with Crippen LogP contribution in [-0.4, -0.2) is 5.91 Å². The Balaban J connectivity index is 4.14. The average molecular weight is 167 g/mol. The molecule has 0 atom stereocenters. The van der Waals surface area contributed by atoms with Gasteiger partial charge in [-0.3, -0.25) is 4.79 Å². The second-order valence-electron chi connectivity index (χ2n) is 3.42. The lowest BCUT2D eigenvalue weighted by molar-refractivity contribution is -0.121. The molecule has 2 N–H and O–H groups in total. The summed E-state index contributed by atoms with van der Waals surface area (Å²) in [7, 11) is 0. The molecule has 0 heterocycles. The van der Waals surface area contributed by atoms with E-state index in [9.17, 15) is 4.79 Å². The molecule has 0 rings (SSSR count). The highest BCUT2D eigenvalue weighted by Crippen LogP contribution is 2.17. The van der Waals surface area contributed by atoms with E-state index in [1.54, 1.807) is 0 Å². The summed E-state index contributed by atoms with van der Waals surface area (Å²) >= 11 is 0. The number of hydrogen-bond donors (Lipinski definition) is 1. The maximum atomic E-state index is 10.9. The molecule has 0 saturated carbocycles. The quantitative estimate of drug-likeness (QED) is 0.625. The number of carbonyl (C=O) groups is 1. The third-order valence-corrected chi connectivity index (χ3v) is 1.59. The van der Waals surface area contributed by atoms with E-state index in [-0.39, 0.29) is 11.8 Å². The molecule has 1 amide bonds. The van der Waals surface area contributed by atoms with Crippen molar-refractivity contribution in [3.63, 3.8) is 0 Å². The molecule has 0 aliphatic carbocycles. The van der Waals surface area contributed by atoms with Gasteiger partial charge < -0.3 is 5.73 Å². The second-order valence-corrected chi connectivity index (χ2v) is 3.42. The smallest absolute Gasteiger partial charge is 0.221 e. The Hall–Kier alpha value is -1.05. The zero-order valence-electron chi connectivity index (χ0n) is 7.89. The first-order chi connectivity index (χ1) is 5.43. The van der Waals surface area contributed by atoms with Gasteiger partial charge in [0.2, 0.25) is 5.91 Å². The molecule has 0 radical (unpaired) electrons. The van der Waals surface area contributed by atoms with Crippen molar-refractivity contribution in [1.29, 1.82) is 0 Å². The SMILES string of the molecule is C=C(C)CC(CC(=C)C)C(N)=O. The molecule has 2 nitrogen and oxygen atoms in total. The van der Waals surface area contributed by atoms with Crippen LogP contribution in [0.4, 0.5) is 0 Å². The molecule has 0 spiro atoms. The van der Waals surface area contributed by atoms with Gasteiger partial charge in [-0.1, -0.05) is 11.1 Å². The van der Waals surface area contributed by atoms with Crippen LogP contribution in [0.2, 0.25) is 0 Å². The fourth-order valence-electron chi connectivity index (χ4n) is 1.11. The molecule has 68 valence electrons. The van der Waals surface area contributed by atoms with Gasteiger partial charge >= 0.3 is 0 Å². The van der Waals surface area contributed by atoms with Crippen molar-refractivity contribution >= 4 is 5.91 Å². The number of primary amides is 1. The Morgan fingerprint density at radius 2 is 1.58 bits per heavy atom. The molecular weight excluding hydrogens is 150 g/mol. The molecule has 0 bridgehead atoms. The van der Waals surface area contributed by atoms with Crippen molar-refractivity contribution < 1.29 is 4.79 Å². The standard InChI is InChI=1S/C10H17NO/c1-7(2)5-9(10(11)12)6-8(3)4/h9H,1,3,5-6H2,2,4H3,(H2,11,12). The summed E-state index contributed by atoms with van der Waals surface area (Å²) in [4.78, 5) is 10.9. The Morgan fingerprint density at radius 1 is 1.25 bits per heavy atom. The van der Waals surface area contributed by atoms with Crippen LogP contribution in [0.15, 0.2) is 24.3 Å². The number of allylic oxidation sites excluding steroid dienone is 2. The van der Waals surface area contributed by atoms with Gasteiger partial charge in [-0.2, -0.15) is 0 Å². The molecule has 0 aromatic carbocycles. The lowest BCUT2D eigenvalue weighted by Gasteiger charge is -2.12. The van der Waals surface area contributed by atoms with E-state index in [1.807, 2.05) is 13.8 Å². The topological polar surface area (TPSA) is 43.1 Å². The largest absolute Gasteiger partial charge is 0.369 e. The summed E-state index contributed by atoms with van der Waals surface area (Å²) in [6, 6.07) is 0. The molecule has 12 heavy (non-hydrogen) atoms. The van der Waals surface area contributed by atoms with E-state index in [2.05, 4.69) is 13.2 Å². The van der Waals surface area contributed by atoms with Crippen molar-refractivity contribution in [2.45, 2.75) is 26.7 Å². The summed E-state index contributed by atoms with van der Waals surface area (Å²) in [6.07, 6.45) is 1.34. The summed E-state index contributed by atoms with van der Waals surface area (Å²) < 4.78 is 0. The number of hydrogen-bond acceptors (Lipinski definition) is 1. The summed E-state index contributed by atoms with van der Waals surface area (Å²) in [5, 5.41) is 0. The molecule has 0 aromatic heterocycles. The third kappa shape index (κ3) is 4.72. The average Bonchev–Trinajstić information content (AvgIpc) is 1.83. The Morgan fingerprint density at radius 3 is 1.75 bits per heavy atom. The highest BCUT2D eigenvalue weighted by molar-refractivity contribution is 5.77. The van der Waals surface area contributed by atoms with Gasteiger partial charge in [-0.15, -0.1) is 13.2 Å². The first-order valence-corrected chi connectivity index (χ1v) is 4.01. The fourth-order valence-corrected chi connectivity index (χ4v) is 1.11. The zero-order valence-corrected chi connectivity index (χ0v) is 7.89. The summed E-state index contributed by atoms with van der Waals surface area (Å²) in [6.45, 7) is 11.3. The van der Waals surface area contributed by atoms with Gasteiger partial charge in [0, 0.05) is 5.92 Å². The van der Waals surface area contributed by atoms with Crippen molar-refractivity contribution in [3.8, 4) is 0 Å². The van der Waals surface area contributed by atoms with Gasteiger partial charge in [0.05, 0.1) is 0 Å². The van der Waals surface area contributed by atoms with Crippen molar-refractivity contribution in [2.24, 2.45) is 11.7 Å². The molecule has 2 heteroatoms. The van der Waals surface area contributed by atoms with Gasteiger partial charge in [0.15, 0.2) is 0 Å². The van der Waals surface area contributed by atoms with Crippen molar-refractivity contribution in [2.75, 3.05) is 0 Å². The van der Waals surface area contributed by atoms with Crippen LogP contribution in [0.1, 0.15) is 26.7 Å². The molecule has 0 aliphatic heterocycles. The normalized spacial score (nSPS) is 9.92. The molecule has 0 aliphatic rings. The van der Waals surface area contributed by atoms with Gasteiger partial charge in [0.1, 0.15) is 0 Å². The first kappa shape index (κ1) is 11.0. The van der Waals surface area contributed by atoms with Gasteiger partial charge in [0.25, 0.3) is 0 Å². The fraction of sp³-hybridized carbons (Fsp3) is 0.500. The van der Waals surface area contributed by atoms with Crippen LogP contribution in [0.25, 0.3) is 0 Å². The van der Waals surface area contributed by atoms with E-state index < -0.39 is 0 Å². The van der Waals surface area contributed by atoms with Gasteiger partial charge in [-0.05, 0) is 26.7 Å².